The molecule has 0 bridgehead atoms. The summed E-state index contributed by atoms with van der Waals surface area (Å²) in [4.78, 5) is 14.6. The predicted molar refractivity (Wildman–Crippen MR) is 197 cm³/mol. The topological polar surface area (TPSA) is 38.7 Å². The number of thiophene rings is 1. The molecule has 0 fully saturated rings. The Kier molecular flexibility index (Phi) is 6.65. The number of rotatable bonds is 5. The van der Waals surface area contributed by atoms with E-state index in [2.05, 4.69) is 151 Å². The molecule has 0 aliphatic heterocycles. The van der Waals surface area contributed by atoms with Gasteiger partial charge >= 0.3 is 0 Å². The normalized spacial score (nSPS) is 11.4. The predicted octanol–water partition coefficient (Wildman–Crippen LogP) is 11.7. The first-order chi connectivity index (χ1) is 23.3. The molecule has 0 aliphatic carbocycles. The fourth-order valence-corrected chi connectivity index (χ4v) is 7.49. The number of pyridine rings is 1. The molecule has 0 unspecified atom stereocenters. The van der Waals surface area contributed by atoms with E-state index < -0.39 is 0 Å². The Morgan fingerprint density at radius 1 is 0.404 bits per heavy atom. The van der Waals surface area contributed by atoms with Crippen molar-refractivity contribution in [1.82, 2.24) is 15.0 Å². The Morgan fingerprint density at radius 3 is 1.89 bits per heavy atom. The summed E-state index contributed by atoms with van der Waals surface area (Å²) < 4.78 is 2.57. The monoisotopic (exact) mass is 617 g/mol. The van der Waals surface area contributed by atoms with Gasteiger partial charge in [-0.3, -0.25) is 4.98 Å². The summed E-state index contributed by atoms with van der Waals surface area (Å²) in [7, 11) is 0. The summed E-state index contributed by atoms with van der Waals surface area (Å²) in [6, 6.07) is 53.7. The third kappa shape index (κ3) is 5.05. The van der Waals surface area contributed by atoms with Gasteiger partial charge in [-0.05, 0) is 63.4 Å². The van der Waals surface area contributed by atoms with Crippen LogP contribution in [0.15, 0.2) is 164 Å². The molecule has 6 aromatic carbocycles. The quantitative estimate of drug-likeness (QED) is 0.193. The molecule has 0 amide bonds. The van der Waals surface area contributed by atoms with Crippen molar-refractivity contribution in [2.75, 3.05) is 0 Å². The van der Waals surface area contributed by atoms with E-state index in [-0.39, 0.29) is 0 Å². The first kappa shape index (κ1) is 27.3. The molecule has 47 heavy (non-hydrogen) atoms. The molecule has 0 saturated carbocycles. The summed E-state index contributed by atoms with van der Waals surface area (Å²) in [5, 5.41) is 5.02. The number of nitrogens with zero attached hydrogens (tertiary/aromatic N) is 3. The summed E-state index contributed by atoms with van der Waals surface area (Å²) in [6.45, 7) is 0. The Balaban J connectivity index is 1.16. The van der Waals surface area contributed by atoms with Crippen LogP contribution in [0.1, 0.15) is 0 Å². The van der Waals surface area contributed by atoms with Crippen LogP contribution < -0.4 is 0 Å². The molecule has 220 valence electrons. The van der Waals surface area contributed by atoms with Crippen LogP contribution in [0.5, 0.6) is 0 Å². The van der Waals surface area contributed by atoms with E-state index in [1.165, 1.54) is 42.1 Å². The lowest BCUT2D eigenvalue weighted by Crippen LogP contribution is -1.96. The van der Waals surface area contributed by atoms with Crippen molar-refractivity contribution in [3.63, 3.8) is 0 Å². The number of fused-ring (bicyclic) bond motifs is 4. The van der Waals surface area contributed by atoms with Crippen molar-refractivity contribution in [1.29, 1.82) is 0 Å². The van der Waals surface area contributed by atoms with Gasteiger partial charge < -0.3 is 0 Å². The molecule has 0 radical (unpaired) electrons. The van der Waals surface area contributed by atoms with E-state index in [4.69, 9.17) is 9.97 Å². The van der Waals surface area contributed by atoms with Crippen molar-refractivity contribution in [3.8, 4) is 56.2 Å². The molecule has 9 rings (SSSR count). The lowest BCUT2D eigenvalue weighted by Gasteiger charge is -2.11. The zero-order chi connectivity index (χ0) is 31.2. The number of benzene rings is 6. The van der Waals surface area contributed by atoms with E-state index >= 15 is 0 Å². The van der Waals surface area contributed by atoms with Crippen LogP contribution >= 0.6 is 11.3 Å². The third-order valence-corrected chi connectivity index (χ3v) is 9.97. The summed E-state index contributed by atoms with van der Waals surface area (Å²) in [6.07, 6.45) is 3.68. The lowest BCUT2D eigenvalue weighted by atomic mass is 9.97. The van der Waals surface area contributed by atoms with Gasteiger partial charge in [0.15, 0.2) is 5.82 Å². The molecule has 3 heterocycles. The van der Waals surface area contributed by atoms with Crippen LogP contribution in [0, 0.1) is 0 Å². The van der Waals surface area contributed by atoms with Gasteiger partial charge in [-0.2, -0.15) is 0 Å². The van der Waals surface area contributed by atoms with Crippen LogP contribution in [-0.2, 0) is 0 Å². The van der Waals surface area contributed by atoms with Crippen LogP contribution in [0.25, 0.3) is 87.1 Å². The second-order valence-electron chi connectivity index (χ2n) is 11.7. The largest absolute Gasteiger partial charge is 0.264 e. The van der Waals surface area contributed by atoms with Crippen LogP contribution in [0.4, 0.5) is 0 Å². The highest BCUT2D eigenvalue weighted by Crippen LogP contribution is 2.37. The molecular formula is C43H27N3S. The van der Waals surface area contributed by atoms with E-state index in [1.807, 2.05) is 23.6 Å². The Hall–Kier alpha value is -5.97. The molecule has 3 nitrogen and oxygen atoms in total. The minimum absolute atomic E-state index is 0.698. The number of hydrogen-bond donors (Lipinski definition) is 0. The van der Waals surface area contributed by atoms with E-state index in [0.717, 1.165) is 39.2 Å². The SMILES string of the molecule is c1cncc(-c2ccc(-c3nc(-c4ccc(-c5cccc6ccccc56)cc4)cc(-c4ccc5sc6ccccc6c5c4)n3)cc2)c1. The Bertz CT molecular complexity index is 2550. The van der Waals surface area contributed by atoms with Gasteiger partial charge in [0.2, 0.25) is 0 Å². The van der Waals surface area contributed by atoms with Gasteiger partial charge in [-0.1, -0.05) is 121 Å². The van der Waals surface area contributed by atoms with Crippen molar-refractivity contribution in [2.24, 2.45) is 0 Å². The fourth-order valence-electron chi connectivity index (χ4n) is 6.40. The number of hydrogen-bond acceptors (Lipinski definition) is 4. The summed E-state index contributed by atoms with van der Waals surface area (Å²) >= 11 is 1.83. The van der Waals surface area contributed by atoms with Gasteiger partial charge in [-0.25, -0.2) is 9.97 Å². The first-order valence-electron chi connectivity index (χ1n) is 15.7. The van der Waals surface area contributed by atoms with Gasteiger partial charge in [0.25, 0.3) is 0 Å². The maximum atomic E-state index is 5.15. The highest BCUT2D eigenvalue weighted by atomic mass is 32.1. The molecule has 3 aromatic heterocycles. The smallest absolute Gasteiger partial charge is 0.160 e. The van der Waals surface area contributed by atoms with Crippen molar-refractivity contribution >= 4 is 42.3 Å². The molecular weight excluding hydrogens is 591 g/mol. The molecule has 0 spiro atoms. The molecule has 0 saturated heterocycles. The lowest BCUT2D eigenvalue weighted by molar-refractivity contribution is 1.18. The maximum Gasteiger partial charge on any atom is 0.160 e. The van der Waals surface area contributed by atoms with Crippen molar-refractivity contribution in [2.45, 2.75) is 0 Å². The average molecular weight is 618 g/mol. The average Bonchev–Trinajstić information content (AvgIpc) is 3.53. The third-order valence-electron chi connectivity index (χ3n) is 8.82. The minimum Gasteiger partial charge on any atom is -0.264 e. The van der Waals surface area contributed by atoms with Gasteiger partial charge in [0, 0.05) is 49.3 Å². The first-order valence-corrected chi connectivity index (χ1v) is 16.5. The van der Waals surface area contributed by atoms with Crippen molar-refractivity contribution in [3.05, 3.63) is 164 Å². The zero-order valence-electron chi connectivity index (χ0n) is 25.3. The summed E-state index contributed by atoms with van der Waals surface area (Å²) in [5.74, 6) is 0.698. The van der Waals surface area contributed by atoms with Crippen LogP contribution in [0.2, 0.25) is 0 Å². The zero-order valence-corrected chi connectivity index (χ0v) is 26.2. The van der Waals surface area contributed by atoms with Gasteiger partial charge in [0.1, 0.15) is 0 Å². The Labute approximate surface area is 276 Å². The molecule has 9 aromatic rings. The molecule has 0 aliphatic rings. The fraction of sp³-hybridized carbons (Fsp3) is 0. The second kappa shape index (κ2) is 11.4. The van der Waals surface area contributed by atoms with Gasteiger partial charge in [-0.15, -0.1) is 11.3 Å². The minimum atomic E-state index is 0.698. The molecule has 4 heteroatoms. The van der Waals surface area contributed by atoms with E-state index in [9.17, 15) is 0 Å². The second-order valence-corrected chi connectivity index (χ2v) is 12.8. The maximum absolute atomic E-state index is 5.15. The van der Waals surface area contributed by atoms with E-state index in [0.29, 0.717) is 5.82 Å². The standard InChI is InChI=1S/C43H27N3S/c1-2-10-35-29(7-1)8-5-12-36(35)30-16-18-31(19-17-30)39-26-40(33-22-23-42-38(25-33)37-11-3-4-13-41(37)47-42)46-43(45-39)32-20-14-28(15-21-32)34-9-6-24-44-27-34/h1-27H. The molecule has 0 atom stereocenters. The summed E-state index contributed by atoms with van der Waals surface area (Å²) in [5.41, 5.74) is 9.48. The van der Waals surface area contributed by atoms with Crippen LogP contribution in [-0.4, -0.2) is 15.0 Å². The highest BCUT2D eigenvalue weighted by Gasteiger charge is 2.14. The van der Waals surface area contributed by atoms with Crippen LogP contribution in [0.3, 0.4) is 0 Å². The Morgan fingerprint density at radius 2 is 1.06 bits per heavy atom. The van der Waals surface area contributed by atoms with Crippen molar-refractivity contribution < 1.29 is 0 Å². The number of aromatic nitrogens is 3. The highest BCUT2D eigenvalue weighted by molar-refractivity contribution is 7.25. The van der Waals surface area contributed by atoms with E-state index in [1.54, 1.807) is 6.20 Å². The molecule has 0 N–H and O–H groups in total. The van der Waals surface area contributed by atoms with Gasteiger partial charge in [0.05, 0.1) is 11.4 Å².